The molecule has 170 valence electrons. The summed E-state index contributed by atoms with van der Waals surface area (Å²) in [4.78, 5) is 19.2. The molecule has 0 saturated carbocycles. The van der Waals surface area contributed by atoms with E-state index in [1.165, 1.54) is 30.5 Å². The smallest absolute Gasteiger partial charge is 0.230 e. The molecule has 32 heavy (non-hydrogen) atoms. The largest absolute Gasteiger partial charge is 0.368 e. The third kappa shape index (κ3) is 4.11. The average Bonchev–Trinajstić information content (AvgIpc) is 3.17. The van der Waals surface area contributed by atoms with Gasteiger partial charge in [0.25, 0.3) is 0 Å². The van der Waals surface area contributed by atoms with Gasteiger partial charge < -0.3 is 20.1 Å². The van der Waals surface area contributed by atoms with E-state index in [1.54, 1.807) is 0 Å². The Labute approximate surface area is 190 Å². The van der Waals surface area contributed by atoms with Crippen molar-refractivity contribution < 1.29 is 0 Å². The quantitative estimate of drug-likeness (QED) is 0.660. The van der Waals surface area contributed by atoms with Gasteiger partial charge in [-0.05, 0) is 57.4 Å². The molecule has 3 aromatic rings. The van der Waals surface area contributed by atoms with Gasteiger partial charge in [-0.2, -0.15) is 4.98 Å². The van der Waals surface area contributed by atoms with Crippen LogP contribution in [0, 0.1) is 13.8 Å². The van der Waals surface area contributed by atoms with Crippen LogP contribution in [-0.2, 0) is 0 Å². The first kappa shape index (κ1) is 21.0. The lowest BCUT2D eigenvalue weighted by molar-refractivity contribution is 0.271. The first-order valence-corrected chi connectivity index (χ1v) is 11.9. The van der Waals surface area contributed by atoms with E-state index in [4.69, 9.17) is 9.97 Å². The topological polar surface area (TPSA) is 65.3 Å². The van der Waals surface area contributed by atoms with Crippen LogP contribution in [-0.4, -0.2) is 70.3 Å². The molecule has 0 aliphatic carbocycles. The van der Waals surface area contributed by atoms with Crippen LogP contribution >= 0.6 is 0 Å². The maximum Gasteiger partial charge on any atom is 0.230 e. The van der Waals surface area contributed by atoms with Gasteiger partial charge in [0, 0.05) is 50.9 Å². The standard InChI is InChI=1S/C24H34N8/c1-4-29-12-14-30(15-13-29)20-8-9-21(25-16-20)27-24-26-19(3)22-18(2)17-32(23(22)28-24)31-10-6-5-7-11-31/h8-9,16-17H,4-7,10-15H2,1-3H3,(H,25,26,27,28). The minimum absolute atomic E-state index is 0.600. The molecule has 8 nitrogen and oxygen atoms in total. The highest BCUT2D eigenvalue weighted by Crippen LogP contribution is 2.26. The minimum atomic E-state index is 0.600. The van der Waals surface area contributed by atoms with Gasteiger partial charge in [0.2, 0.25) is 5.95 Å². The van der Waals surface area contributed by atoms with E-state index in [-0.39, 0.29) is 0 Å². The van der Waals surface area contributed by atoms with Gasteiger partial charge >= 0.3 is 0 Å². The Bertz CT molecular complexity index is 1060. The van der Waals surface area contributed by atoms with Crippen molar-refractivity contribution in [1.82, 2.24) is 24.5 Å². The number of nitrogens with one attached hydrogen (secondary N) is 1. The molecule has 3 aromatic heterocycles. The highest BCUT2D eigenvalue weighted by molar-refractivity contribution is 5.84. The van der Waals surface area contributed by atoms with Gasteiger partial charge in [-0.1, -0.05) is 6.92 Å². The highest BCUT2D eigenvalue weighted by Gasteiger charge is 2.19. The molecule has 0 atom stereocenters. The number of piperazine rings is 1. The lowest BCUT2D eigenvalue weighted by Crippen LogP contribution is -2.46. The lowest BCUT2D eigenvalue weighted by atomic mass is 10.2. The molecule has 2 aliphatic rings. The van der Waals surface area contributed by atoms with E-state index in [0.29, 0.717) is 5.95 Å². The summed E-state index contributed by atoms with van der Waals surface area (Å²) in [5, 5.41) is 6.88. The van der Waals surface area contributed by atoms with Crippen LogP contribution < -0.4 is 15.2 Å². The van der Waals surface area contributed by atoms with E-state index >= 15 is 0 Å². The van der Waals surface area contributed by atoms with Crippen molar-refractivity contribution in [3.8, 4) is 0 Å². The second-order valence-corrected chi connectivity index (χ2v) is 8.95. The Balaban J connectivity index is 1.36. The second kappa shape index (κ2) is 8.94. The first-order chi connectivity index (χ1) is 15.6. The van der Waals surface area contributed by atoms with Crippen LogP contribution in [0.25, 0.3) is 11.0 Å². The van der Waals surface area contributed by atoms with Crippen LogP contribution in [0.5, 0.6) is 0 Å². The van der Waals surface area contributed by atoms with Crippen molar-refractivity contribution in [3.05, 3.63) is 35.8 Å². The van der Waals surface area contributed by atoms with Crippen molar-refractivity contribution in [3.63, 3.8) is 0 Å². The van der Waals surface area contributed by atoms with Crippen molar-refractivity contribution in [2.24, 2.45) is 0 Å². The van der Waals surface area contributed by atoms with Crippen LogP contribution in [0.3, 0.4) is 0 Å². The molecule has 1 N–H and O–H groups in total. The second-order valence-electron chi connectivity index (χ2n) is 8.95. The van der Waals surface area contributed by atoms with Crippen LogP contribution in [0.2, 0.25) is 0 Å². The molecule has 5 heterocycles. The van der Waals surface area contributed by atoms with Crippen LogP contribution in [0.1, 0.15) is 37.4 Å². The fourth-order valence-electron chi connectivity index (χ4n) is 4.94. The van der Waals surface area contributed by atoms with E-state index < -0.39 is 0 Å². The predicted molar refractivity (Wildman–Crippen MR) is 131 cm³/mol. The third-order valence-electron chi connectivity index (χ3n) is 6.81. The Morgan fingerprint density at radius 1 is 0.938 bits per heavy atom. The SMILES string of the molecule is CCN1CCN(c2ccc(Nc3nc(C)c4c(C)cn(N5CCCCC5)c4n3)nc2)CC1. The van der Waals surface area contributed by atoms with Gasteiger partial charge in [-0.15, -0.1) is 0 Å². The zero-order valence-corrected chi connectivity index (χ0v) is 19.5. The number of aromatic nitrogens is 4. The summed E-state index contributed by atoms with van der Waals surface area (Å²) < 4.78 is 2.23. The number of hydrogen-bond donors (Lipinski definition) is 1. The molecule has 2 saturated heterocycles. The van der Waals surface area contributed by atoms with Gasteiger partial charge in [-0.3, -0.25) is 0 Å². The zero-order valence-electron chi connectivity index (χ0n) is 19.5. The van der Waals surface area contributed by atoms with Crippen LogP contribution in [0.15, 0.2) is 24.5 Å². The molecule has 0 unspecified atom stereocenters. The Hall–Kier alpha value is -2.87. The molecular formula is C24H34N8. The molecule has 2 aliphatic heterocycles. The third-order valence-corrected chi connectivity index (χ3v) is 6.81. The van der Waals surface area contributed by atoms with E-state index in [2.05, 4.69) is 62.8 Å². The molecule has 8 heteroatoms. The van der Waals surface area contributed by atoms with Crippen molar-refractivity contribution >= 4 is 28.5 Å². The number of hydrogen-bond acceptors (Lipinski definition) is 7. The van der Waals surface area contributed by atoms with Gasteiger partial charge in [0.1, 0.15) is 5.82 Å². The molecule has 5 rings (SSSR count). The Morgan fingerprint density at radius 3 is 2.41 bits per heavy atom. The molecule has 0 amide bonds. The average molecular weight is 435 g/mol. The summed E-state index contributed by atoms with van der Waals surface area (Å²) in [7, 11) is 0. The zero-order chi connectivity index (χ0) is 22.1. The maximum absolute atomic E-state index is 4.90. The fourth-order valence-corrected chi connectivity index (χ4v) is 4.94. The van der Waals surface area contributed by atoms with Crippen molar-refractivity contribution in [1.29, 1.82) is 0 Å². The lowest BCUT2D eigenvalue weighted by Gasteiger charge is -2.35. The number of nitrogens with zero attached hydrogens (tertiary/aromatic N) is 7. The number of rotatable bonds is 5. The summed E-state index contributed by atoms with van der Waals surface area (Å²) in [6, 6.07) is 4.17. The number of aryl methyl sites for hydroxylation is 2. The summed E-state index contributed by atoms with van der Waals surface area (Å²) >= 11 is 0. The molecule has 0 bridgehead atoms. The maximum atomic E-state index is 4.90. The Kier molecular flexibility index (Phi) is 5.87. The number of likely N-dealkylation sites (N-methyl/N-ethyl adjacent to an activating group) is 1. The number of fused-ring (bicyclic) bond motifs is 1. The van der Waals surface area contributed by atoms with E-state index in [1.807, 2.05) is 12.3 Å². The fraction of sp³-hybridized carbons (Fsp3) is 0.542. The van der Waals surface area contributed by atoms with Crippen molar-refractivity contribution in [2.45, 2.75) is 40.0 Å². The van der Waals surface area contributed by atoms with Crippen LogP contribution in [0.4, 0.5) is 17.5 Å². The molecule has 2 fully saturated rings. The first-order valence-electron chi connectivity index (χ1n) is 11.9. The summed E-state index contributed by atoms with van der Waals surface area (Å²) in [5.41, 5.74) is 4.37. The van der Waals surface area contributed by atoms with E-state index in [0.717, 1.165) is 68.4 Å². The normalized spacial score (nSPS) is 17.8. The highest BCUT2D eigenvalue weighted by atomic mass is 15.6. The Morgan fingerprint density at radius 2 is 1.72 bits per heavy atom. The van der Waals surface area contributed by atoms with Gasteiger partial charge in [-0.25, -0.2) is 14.6 Å². The number of piperidine rings is 1. The predicted octanol–water partition coefficient (Wildman–Crippen LogP) is 3.45. The molecule has 0 radical (unpaired) electrons. The number of anilines is 3. The number of pyridine rings is 1. The molecule has 0 spiro atoms. The molecule has 0 aromatic carbocycles. The summed E-state index contributed by atoms with van der Waals surface area (Å²) in [5.74, 6) is 1.37. The van der Waals surface area contributed by atoms with Gasteiger partial charge in [0.05, 0.1) is 17.6 Å². The summed E-state index contributed by atoms with van der Waals surface area (Å²) in [6.07, 6.45) is 7.93. The van der Waals surface area contributed by atoms with Gasteiger partial charge in [0.15, 0.2) is 5.65 Å². The van der Waals surface area contributed by atoms with Crippen molar-refractivity contribution in [2.75, 3.05) is 61.0 Å². The summed E-state index contributed by atoms with van der Waals surface area (Å²) in [6.45, 7) is 14.0. The molecular weight excluding hydrogens is 400 g/mol. The minimum Gasteiger partial charge on any atom is -0.368 e. The van der Waals surface area contributed by atoms with E-state index in [9.17, 15) is 0 Å². The monoisotopic (exact) mass is 434 g/mol.